The number of hydrogen-bond acceptors (Lipinski definition) is 2. The zero-order valence-corrected chi connectivity index (χ0v) is 11.4. The summed E-state index contributed by atoms with van der Waals surface area (Å²) in [7, 11) is 1.99. The normalized spacial score (nSPS) is 14.2. The van der Waals surface area contributed by atoms with Crippen molar-refractivity contribution in [2.75, 3.05) is 0 Å². The van der Waals surface area contributed by atoms with Crippen LogP contribution in [0, 0.1) is 5.41 Å². The number of hydrogen-bond donors (Lipinski definition) is 1. The number of imidazole rings is 1. The first-order valence-electron chi connectivity index (χ1n) is 5.68. The van der Waals surface area contributed by atoms with Crippen LogP contribution in [0.5, 0.6) is 0 Å². The average molecular weight is 252 g/mol. The third-order valence-corrected chi connectivity index (χ3v) is 3.32. The van der Waals surface area contributed by atoms with E-state index in [4.69, 9.17) is 17.3 Å². The number of rotatable bonds is 1. The van der Waals surface area contributed by atoms with Gasteiger partial charge in [-0.3, -0.25) is 0 Å². The lowest BCUT2D eigenvalue weighted by Gasteiger charge is -2.26. The maximum absolute atomic E-state index is 6.26. The highest BCUT2D eigenvalue weighted by molar-refractivity contribution is 6.31. The Hall–Kier alpha value is -1.06. The summed E-state index contributed by atoms with van der Waals surface area (Å²) in [6.45, 7) is 6.35. The van der Waals surface area contributed by atoms with Gasteiger partial charge in [0.1, 0.15) is 5.82 Å². The predicted octanol–water partition coefficient (Wildman–Crippen LogP) is 3.27. The van der Waals surface area contributed by atoms with E-state index < -0.39 is 0 Å². The Balaban J connectivity index is 2.60. The van der Waals surface area contributed by atoms with E-state index in [0.717, 1.165) is 16.9 Å². The number of aromatic nitrogens is 2. The monoisotopic (exact) mass is 251 g/mol. The van der Waals surface area contributed by atoms with Crippen LogP contribution in [0.15, 0.2) is 18.2 Å². The van der Waals surface area contributed by atoms with Gasteiger partial charge in [-0.05, 0) is 23.6 Å². The van der Waals surface area contributed by atoms with E-state index in [1.54, 1.807) is 0 Å². The van der Waals surface area contributed by atoms with Crippen molar-refractivity contribution in [2.45, 2.75) is 26.8 Å². The number of nitrogens with two attached hydrogens (primary N) is 1. The molecule has 0 saturated heterocycles. The molecule has 2 aromatic rings. The predicted molar refractivity (Wildman–Crippen MR) is 72.1 cm³/mol. The lowest BCUT2D eigenvalue weighted by Crippen LogP contribution is -2.28. The highest BCUT2D eigenvalue weighted by Crippen LogP contribution is 2.31. The van der Waals surface area contributed by atoms with E-state index in [-0.39, 0.29) is 11.5 Å². The summed E-state index contributed by atoms with van der Waals surface area (Å²) in [6, 6.07) is 5.62. The van der Waals surface area contributed by atoms with Crippen molar-refractivity contribution in [1.29, 1.82) is 0 Å². The second-order valence-corrected chi connectivity index (χ2v) is 5.94. The molecule has 0 amide bonds. The Morgan fingerprint density at radius 1 is 1.35 bits per heavy atom. The van der Waals surface area contributed by atoms with Crippen LogP contribution >= 0.6 is 11.6 Å². The van der Waals surface area contributed by atoms with Crippen molar-refractivity contribution < 1.29 is 0 Å². The standard InChI is InChI=1S/C13H18ClN3/c1-13(2,3)11(15)12-16-9-7-8(14)5-6-10(9)17(12)4/h5-7,11H,15H2,1-4H3. The fourth-order valence-corrected chi connectivity index (χ4v) is 2.02. The molecule has 0 bridgehead atoms. The minimum atomic E-state index is -0.0984. The summed E-state index contributed by atoms with van der Waals surface area (Å²) in [4.78, 5) is 4.59. The maximum Gasteiger partial charge on any atom is 0.127 e. The van der Waals surface area contributed by atoms with Gasteiger partial charge in [0.05, 0.1) is 17.1 Å². The molecule has 92 valence electrons. The Morgan fingerprint density at radius 3 is 2.59 bits per heavy atom. The highest BCUT2D eigenvalue weighted by atomic mass is 35.5. The summed E-state index contributed by atoms with van der Waals surface area (Å²) in [5.41, 5.74) is 8.20. The van der Waals surface area contributed by atoms with Crippen molar-refractivity contribution in [3.63, 3.8) is 0 Å². The minimum Gasteiger partial charge on any atom is -0.330 e. The summed E-state index contributed by atoms with van der Waals surface area (Å²) in [5.74, 6) is 0.898. The number of aryl methyl sites for hydroxylation is 1. The summed E-state index contributed by atoms with van der Waals surface area (Å²) in [6.07, 6.45) is 0. The Kier molecular flexibility index (Phi) is 2.92. The SMILES string of the molecule is Cn1c(C(N)C(C)(C)C)nc2cc(Cl)ccc21. The summed E-state index contributed by atoms with van der Waals surface area (Å²) >= 11 is 5.97. The first-order valence-corrected chi connectivity index (χ1v) is 6.06. The van der Waals surface area contributed by atoms with Gasteiger partial charge >= 0.3 is 0 Å². The van der Waals surface area contributed by atoms with Gasteiger partial charge in [-0.25, -0.2) is 4.98 Å². The molecular weight excluding hydrogens is 234 g/mol. The number of fused-ring (bicyclic) bond motifs is 1. The summed E-state index contributed by atoms with van der Waals surface area (Å²) < 4.78 is 2.04. The zero-order chi connectivity index (χ0) is 12.8. The molecule has 1 atom stereocenters. The molecule has 0 spiro atoms. The topological polar surface area (TPSA) is 43.8 Å². The average Bonchev–Trinajstić information content (AvgIpc) is 2.53. The molecular formula is C13H18ClN3. The smallest absolute Gasteiger partial charge is 0.127 e. The third kappa shape index (κ3) is 2.17. The van der Waals surface area contributed by atoms with Crippen LogP contribution in [0.3, 0.4) is 0 Å². The molecule has 1 heterocycles. The van der Waals surface area contributed by atoms with Gasteiger partial charge in [-0.2, -0.15) is 0 Å². The van der Waals surface area contributed by atoms with Gasteiger partial charge in [0.15, 0.2) is 0 Å². The molecule has 2 rings (SSSR count). The number of benzene rings is 1. The molecule has 0 saturated carbocycles. The van der Waals surface area contributed by atoms with E-state index in [0.29, 0.717) is 5.02 Å². The molecule has 1 unspecified atom stereocenters. The molecule has 1 aromatic carbocycles. The molecule has 1 aromatic heterocycles. The molecule has 0 aliphatic rings. The van der Waals surface area contributed by atoms with Crippen molar-refractivity contribution in [2.24, 2.45) is 18.2 Å². The lowest BCUT2D eigenvalue weighted by molar-refractivity contribution is 0.311. The van der Waals surface area contributed by atoms with Gasteiger partial charge in [0.25, 0.3) is 0 Å². The first-order chi connectivity index (χ1) is 7.80. The Bertz CT molecular complexity index is 552. The maximum atomic E-state index is 6.26. The second-order valence-electron chi connectivity index (χ2n) is 5.51. The second kappa shape index (κ2) is 4.00. The molecule has 4 heteroatoms. The fraction of sp³-hybridized carbons (Fsp3) is 0.462. The fourth-order valence-electron chi connectivity index (χ4n) is 1.86. The van der Waals surface area contributed by atoms with E-state index >= 15 is 0 Å². The molecule has 17 heavy (non-hydrogen) atoms. The molecule has 3 nitrogen and oxygen atoms in total. The minimum absolute atomic E-state index is 0.0149. The van der Waals surface area contributed by atoms with Crippen LogP contribution in [-0.2, 0) is 7.05 Å². The lowest BCUT2D eigenvalue weighted by atomic mass is 9.87. The van der Waals surface area contributed by atoms with E-state index in [9.17, 15) is 0 Å². The van der Waals surface area contributed by atoms with E-state index in [2.05, 4.69) is 25.8 Å². The Morgan fingerprint density at radius 2 is 2.00 bits per heavy atom. The van der Waals surface area contributed by atoms with Crippen LogP contribution < -0.4 is 5.73 Å². The first kappa shape index (κ1) is 12.4. The van der Waals surface area contributed by atoms with Gasteiger partial charge in [0.2, 0.25) is 0 Å². The number of halogens is 1. The molecule has 0 aliphatic heterocycles. The van der Waals surface area contributed by atoms with Gasteiger partial charge in [-0.15, -0.1) is 0 Å². The van der Waals surface area contributed by atoms with Crippen molar-refractivity contribution >= 4 is 22.6 Å². The van der Waals surface area contributed by atoms with Crippen LogP contribution in [0.4, 0.5) is 0 Å². The molecule has 0 fully saturated rings. The molecule has 0 aliphatic carbocycles. The van der Waals surface area contributed by atoms with Crippen LogP contribution in [0.1, 0.15) is 32.6 Å². The van der Waals surface area contributed by atoms with Gasteiger partial charge < -0.3 is 10.3 Å². The van der Waals surface area contributed by atoms with Crippen molar-refractivity contribution in [3.8, 4) is 0 Å². The Labute approximate surface area is 107 Å². The largest absolute Gasteiger partial charge is 0.330 e. The van der Waals surface area contributed by atoms with Crippen LogP contribution in [-0.4, -0.2) is 9.55 Å². The van der Waals surface area contributed by atoms with Crippen molar-refractivity contribution in [1.82, 2.24) is 9.55 Å². The van der Waals surface area contributed by atoms with Gasteiger partial charge in [-0.1, -0.05) is 32.4 Å². The number of nitrogens with zero attached hydrogens (tertiary/aromatic N) is 2. The van der Waals surface area contributed by atoms with Crippen molar-refractivity contribution in [3.05, 3.63) is 29.0 Å². The van der Waals surface area contributed by atoms with E-state index in [1.165, 1.54) is 0 Å². The van der Waals surface area contributed by atoms with Crippen LogP contribution in [0.25, 0.3) is 11.0 Å². The summed E-state index contributed by atoms with van der Waals surface area (Å²) in [5, 5.41) is 0.700. The van der Waals surface area contributed by atoms with Gasteiger partial charge in [0, 0.05) is 12.1 Å². The zero-order valence-electron chi connectivity index (χ0n) is 10.7. The highest BCUT2D eigenvalue weighted by Gasteiger charge is 2.26. The van der Waals surface area contributed by atoms with Crippen LogP contribution in [0.2, 0.25) is 5.02 Å². The molecule has 0 radical (unpaired) electrons. The quantitative estimate of drug-likeness (QED) is 0.845. The van der Waals surface area contributed by atoms with E-state index in [1.807, 2.05) is 29.8 Å². The third-order valence-electron chi connectivity index (χ3n) is 3.09. The molecule has 2 N–H and O–H groups in total.